The lowest BCUT2D eigenvalue weighted by Crippen LogP contribution is -2.36. The largest absolute Gasteiger partial charge is 0.505 e. The Labute approximate surface area is 195 Å². The van der Waals surface area contributed by atoms with Gasteiger partial charge in [-0.1, -0.05) is 48.0 Å². The van der Waals surface area contributed by atoms with Crippen LogP contribution in [0.25, 0.3) is 0 Å². The molecule has 1 unspecified atom stereocenters. The van der Waals surface area contributed by atoms with Gasteiger partial charge in [0.1, 0.15) is 5.75 Å². The molecule has 8 nitrogen and oxygen atoms in total. The van der Waals surface area contributed by atoms with Gasteiger partial charge in [-0.25, -0.2) is 4.79 Å². The fourth-order valence-corrected chi connectivity index (χ4v) is 3.62. The van der Waals surface area contributed by atoms with Gasteiger partial charge in [-0.05, 0) is 42.2 Å². The summed E-state index contributed by atoms with van der Waals surface area (Å²) in [7, 11) is 1.50. The van der Waals surface area contributed by atoms with Crippen LogP contribution in [0.15, 0.2) is 59.5 Å². The number of hydrogen-bond donors (Lipinski definition) is 4. The third kappa shape index (κ3) is 6.14. The molecule has 0 aliphatic carbocycles. The number of aryl methyl sites for hydroxylation is 2. The summed E-state index contributed by atoms with van der Waals surface area (Å²) in [6, 6.07) is 13.0. The number of nitrogens with one attached hydrogen (secondary N) is 2. The maximum absolute atomic E-state index is 12.6. The fourth-order valence-electron chi connectivity index (χ4n) is 3.49. The lowest BCUT2D eigenvalue weighted by Gasteiger charge is -2.19. The number of benzene rings is 2. The highest BCUT2D eigenvalue weighted by molar-refractivity contribution is 6.30. The second-order valence-corrected chi connectivity index (χ2v) is 8.19. The normalized spacial score (nSPS) is 11.6. The molecule has 33 heavy (non-hydrogen) atoms. The Morgan fingerprint density at radius 2 is 1.82 bits per heavy atom. The summed E-state index contributed by atoms with van der Waals surface area (Å²) in [6.07, 6.45) is 1.68. The number of hydrogen-bond acceptors (Lipinski definition) is 4. The third-order valence-electron chi connectivity index (χ3n) is 5.13. The minimum Gasteiger partial charge on any atom is -0.505 e. The molecular formula is C24H24ClN3O5. The lowest BCUT2D eigenvalue weighted by molar-refractivity contribution is -0.137. The molecule has 0 spiro atoms. The highest BCUT2D eigenvalue weighted by Crippen LogP contribution is 2.24. The number of urea groups is 1. The molecule has 2 amide bonds. The number of halogens is 1. The molecule has 0 aliphatic rings. The van der Waals surface area contributed by atoms with E-state index in [2.05, 4.69) is 10.6 Å². The standard InChI is InChI=1S/C24H24ClN3O5/c1-14-13-28(2)23(32)21(22(14)31)27-24(33)26-19(12-20(29)30)17-5-3-4-16(11-17)10-15-6-8-18(25)9-7-15/h3-9,11,13,19,31H,10,12H2,1-2H3,(H,29,30)(H2,26,27,33). The quantitative estimate of drug-likeness (QED) is 0.417. The Morgan fingerprint density at radius 1 is 1.12 bits per heavy atom. The van der Waals surface area contributed by atoms with Crippen molar-refractivity contribution in [3.63, 3.8) is 0 Å². The zero-order valence-corrected chi connectivity index (χ0v) is 18.9. The molecule has 0 aliphatic heterocycles. The number of carboxylic acids is 1. The van der Waals surface area contributed by atoms with Gasteiger partial charge in [-0.15, -0.1) is 0 Å². The van der Waals surface area contributed by atoms with E-state index in [-0.39, 0.29) is 17.9 Å². The number of nitrogens with zero attached hydrogens (tertiary/aromatic N) is 1. The average Bonchev–Trinajstić information content (AvgIpc) is 2.76. The molecule has 0 saturated heterocycles. The maximum atomic E-state index is 12.6. The number of carboxylic acid groups (broad SMARTS) is 1. The van der Waals surface area contributed by atoms with Crippen molar-refractivity contribution in [1.29, 1.82) is 0 Å². The van der Waals surface area contributed by atoms with E-state index in [4.69, 9.17) is 11.6 Å². The van der Waals surface area contributed by atoms with E-state index < -0.39 is 23.6 Å². The summed E-state index contributed by atoms with van der Waals surface area (Å²) < 4.78 is 1.24. The van der Waals surface area contributed by atoms with Crippen LogP contribution in [0.1, 0.15) is 34.7 Å². The van der Waals surface area contributed by atoms with E-state index in [1.54, 1.807) is 31.2 Å². The summed E-state index contributed by atoms with van der Waals surface area (Å²) in [5, 5.41) is 25.1. The number of carbonyl (C=O) groups is 2. The number of aromatic nitrogens is 1. The molecule has 0 fully saturated rings. The zero-order valence-electron chi connectivity index (χ0n) is 18.1. The number of carbonyl (C=O) groups excluding carboxylic acids is 1. The molecule has 1 aromatic heterocycles. The Bertz CT molecular complexity index is 1240. The Kier molecular flexibility index (Phi) is 7.40. The van der Waals surface area contributed by atoms with Crippen LogP contribution in [0, 0.1) is 6.92 Å². The first-order valence-electron chi connectivity index (χ1n) is 10.2. The van der Waals surface area contributed by atoms with Gasteiger partial charge >= 0.3 is 12.0 Å². The van der Waals surface area contributed by atoms with Crippen molar-refractivity contribution in [2.45, 2.75) is 25.8 Å². The minimum atomic E-state index is -1.10. The highest BCUT2D eigenvalue weighted by atomic mass is 35.5. The molecule has 9 heteroatoms. The highest BCUT2D eigenvalue weighted by Gasteiger charge is 2.21. The van der Waals surface area contributed by atoms with Gasteiger partial charge in [-0.3, -0.25) is 9.59 Å². The topological polar surface area (TPSA) is 121 Å². The van der Waals surface area contributed by atoms with E-state index >= 15 is 0 Å². The number of rotatable bonds is 7. The van der Waals surface area contributed by atoms with Crippen LogP contribution in [-0.4, -0.2) is 26.8 Å². The van der Waals surface area contributed by atoms with Crippen LogP contribution >= 0.6 is 11.6 Å². The van der Waals surface area contributed by atoms with Crippen LogP contribution in [-0.2, 0) is 18.3 Å². The van der Waals surface area contributed by atoms with Crippen molar-refractivity contribution >= 4 is 29.3 Å². The number of pyridine rings is 1. The Balaban J connectivity index is 1.82. The predicted molar refractivity (Wildman–Crippen MR) is 126 cm³/mol. The van der Waals surface area contributed by atoms with Gasteiger partial charge in [0.05, 0.1) is 12.5 Å². The first kappa shape index (κ1) is 23.9. The van der Waals surface area contributed by atoms with Gasteiger partial charge in [0, 0.05) is 23.8 Å². The first-order chi connectivity index (χ1) is 15.6. The number of anilines is 1. The van der Waals surface area contributed by atoms with Gasteiger partial charge in [0.2, 0.25) is 0 Å². The number of aromatic hydroxyl groups is 1. The van der Waals surface area contributed by atoms with Crippen molar-refractivity contribution in [3.8, 4) is 5.75 Å². The molecular weight excluding hydrogens is 446 g/mol. The van der Waals surface area contributed by atoms with Gasteiger partial charge in [0.15, 0.2) is 5.69 Å². The van der Waals surface area contributed by atoms with Crippen molar-refractivity contribution in [2.24, 2.45) is 7.05 Å². The molecule has 172 valence electrons. The molecule has 0 radical (unpaired) electrons. The molecule has 1 heterocycles. The van der Waals surface area contributed by atoms with Crippen molar-refractivity contribution in [2.75, 3.05) is 5.32 Å². The van der Waals surface area contributed by atoms with Crippen molar-refractivity contribution < 1.29 is 19.8 Å². The van der Waals surface area contributed by atoms with Crippen LogP contribution in [0.2, 0.25) is 5.02 Å². The van der Waals surface area contributed by atoms with Crippen LogP contribution in [0.3, 0.4) is 0 Å². The van der Waals surface area contributed by atoms with E-state index in [1.165, 1.54) is 17.8 Å². The minimum absolute atomic E-state index is 0.277. The van der Waals surface area contributed by atoms with Crippen molar-refractivity contribution in [1.82, 2.24) is 9.88 Å². The van der Waals surface area contributed by atoms with Crippen LogP contribution in [0.4, 0.5) is 10.5 Å². The van der Waals surface area contributed by atoms with Crippen molar-refractivity contribution in [3.05, 3.63) is 92.4 Å². The number of amides is 2. The third-order valence-corrected chi connectivity index (χ3v) is 5.38. The summed E-state index contributed by atoms with van der Waals surface area (Å²) in [6.45, 7) is 1.59. The SMILES string of the molecule is Cc1cn(C)c(=O)c(NC(=O)NC(CC(=O)O)c2cccc(Cc3ccc(Cl)cc3)c2)c1O. The molecule has 0 saturated carbocycles. The second kappa shape index (κ2) is 10.2. The molecule has 1 atom stereocenters. The molecule has 2 aromatic carbocycles. The summed E-state index contributed by atoms with van der Waals surface area (Å²) in [4.78, 5) is 36.4. The zero-order chi connectivity index (χ0) is 24.1. The van der Waals surface area contributed by atoms with E-state index in [1.807, 2.05) is 24.3 Å². The van der Waals surface area contributed by atoms with E-state index in [0.717, 1.165) is 11.1 Å². The molecule has 0 bridgehead atoms. The summed E-state index contributed by atoms with van der Waals surface area (Å²) in [5.41, 5.74) is 2.10. The smallest absolute Gasteiger partial charge is 0.319 e. The lowest BCUT2D eigenvalue weighted by atomic mass is 9.98. The summed E-state index contributed by atoms with van der Waals surface area (Å²) in [5.74, 6) is -1.44. The van der Waals surface area contributed by atoms with Crippen LogP contribution in [0.5, 0.6) is 5.75 Å². The van der Waals surface area contributed by atoms with Gasteiger partial charge < -0.3 is 25.4 Å². The monoisotopic (exact) mass is 469 g/mol. The summed E-state index contributed by atoms with van der Waals surface area (Å²) >= 11 is 5.93. The van der Waals surface area contributed by atoms with E-state index in [9.17, 15) is 24.6 Å². The molecule has 3 rings (SSSR count). The van der Waals surface area contributed by atoms with Gasteiger partial charge in [-0.2, -0.15) is 0 Å². The first-order valence-corrected chi connectivity index (χ1v) is 10.5. The predicted octanol–water partition coefficient (Wildman–Crippen LogP) is 3.98. The Hall–Kier alpha value is -3.78. The Morgan fingerprint density at radius 3 is 2.48 bits per heavy atom. The molecule has 3 aromatic rings. The second-order valence-electron chi connectivity index (χ2n) is 7.75. The number of aliphatic carboxylic acids is 1. The fraction of sp³-hybridized carbons (Fsp3) is 0.208. The van der Waals surface area contributed by atoms with E-state index in [0.29, 0.717) is 22.6 Å². The molecule has 4 N–H and O–H groups in total. The van der Waals surface area contributed by atoms with Crippen LogP contribution < -0.4 is 16.2 Å². The van der Waals surface area contributed by atoms with Gasteiger partial charge in [0.25, 0.3) is 5.56 Å². The maximum Gasteiger partial charge on any atom is 0.319 e. The average molecular weight is 470 g/mol.